The largest absolute Gasteiger partial charge is 0.489 e. The Balaban J connectivity index is 1.09. The van der Waals surface area contributed by atoms with Crippen LogP contribution in [-0.2, 0) is 31.0 Å². The summed E-state index contributed by atoms with van der Waals surface area (Å²) >= 11 is 1.51. The molecule has 6 rings (SSSR count). The van der Waals surface area contributed by atoms with Gasteiger partial charge in [-0.05, 0) is 41.0 Å². The maximum atomic E-state index is 12.8. The average molecular weight is 601 g/mol. The molecule has 1 aromatic heterocycles. The molecular weight excluding hydrogens is 564 g/mol. The summed E-state index contributed by atoms with van der Waals surface area (Å²) in [5, 5.41) is 5.75. The van der Waals surface area contributed by atoms with Gasteiger partial charge in [-0.25, -0.2) is 4.98 Å². The van der Waals surface area contributed by atoms with Crippen molar-refractivity contribution in [3.05, 3.63) is 106 Å². The first-order valence-electron chi connectivity index (χ1n) is 14.6. The van der Waals surface area contributed by atoms with Crippen molar-refractivity contribution in [3.63, 3.8) is 0 Å². The van der Waals surface area contributed by atoms with Crippen LogP contribution in [0.2, 0.25) is 0 Å². The number of ether oxygens (including phenoxy) is 4. The van der Waals surface area contributed by atoms with Gasteiger partial charge in [-0.3, -0.25) is 14.6 Å². The number of carbonyl (C=O) groups is 1. The molecule has 1 fully saturated rings. The van der Waals surface area contributed by atoms with Crippen molar-refractivity contribution in [2.75, 3.05) is 46.2 Å². The van der Waals surface area contributed by atoms with Crippen molar-refractivity contribution in [3.8, 4) is 17.2 Å². The van der Waals surface area contributed by atoms with Gasteiger partial charge >= 0.3 is 0 Å². The molecule has 2 aliphatic rings. The first kappa shape index (κ1) is 29.1. The minimum Gasteiger partial charge on any atom is -0.489 e. The van der Waals surface area contributed by atoms with Crippen LogP contribution in [0.25, 0.3) is 0 Å². The van der Waals surface area contributed by atoms with Crippen molar-refractivity contribution < 1.29 is 23.7 Å². The Morgan fingerprint density at radius 1 is 0.907 bits per heavy atom. The molecule has 0 aliphatic carbocycles. The summed E-state index contributed by atoms with van der Waals surface area (Å²) in [6.07, 6.45) is 0. The second-order valence-electron chi connectivity index (χ2n) is 10.6. The van der Waals surface area contributed by atoms with E-state index < -0.39 is 0 Å². The van der Waals surface area contributed by atoms with Gasteiger partial charge < -0.3 is 24.3 Å². The Kier molecular flexibility index (Phi) is 9.81. The van der Waals surface area contributed by atoms with E-state index >= 15 is 0 Å². The van der Waals surface area contributed by atoms with Gasteiger partial charge in [0.05, 0.1) is 19.8 Å². The molecule has 0 unspecified atom stereocenters. The topological polar surface area (TPSA) is 85.4 Å². The van der Waals surface area contributed by atoms with E-state index in [1.54, 1.807) is 0 Å². The maximum Gasteiger partial charge on any atom is 0.270 e. The van der Waals surface area contributed by atoms with Crippen LogP contribution in [0.1, 0.15) is 32.2 Å². The van der Waals surface area contributed by atoms with Crippen molar-refractivity contribution in [2.45, 2.75) is 26.2 Å². The van der Waals surface area contributed by atoms with E-state index in [0.29, 0.717) is 38.5 Å². The van der Waals surface area contributed by atoms with Crippen LogP contribution < -0.4 is 19.5 Å². The number of hydrogen-bond donors (Lipinski definition) is 1. The van der Waals surface area contributed by atoms with Crippen LogP contribution in [0, 0.1) is 0 Å². The molecule has 3 heterocycles. The molecule has 1 amide bonds. The number of morpholine rings is 1. The number of amides is 1. The number of hydrogen-bond acceptors (Lipinski definition) is 9. The fourth-order valence-electron chi connectivity index (χ4n) is 5.08. The zero-order valence-electron chi connectivity index (χ0n) is 24.1. The van der Waals surface area contributed by atoms with Crippen molar-refractivity contribution in [1.29, 1.82) is 0 Å². The van der Waals surface area contributed by atoms with E-state index in [1.165, 1.54) is 11.3 Å². The third-order valence-corrected chi connectivity index (χ3v) is 8.22. The molecule has 43 heavy (non-hydrogen) atoms. The quantitative estimate of drug-likeness (QED) is 0.236. The summed E-state index contributed by atoms with van der Waals surface area (Å²) < 4.78 is 22.5. The third kappa shape index (κ3) is 8.32. The molecule has 0 spiro atoms. The van der Waals surface area contributed by atoms with E-state index in [1.807, 2.05) is 47.8 Å². The van der Waals surface area contributed by atoms with Gasteiger partial charge in [0.1, 0.15) is 23.1 Å². The number of nitrogens with zero attached hydrogens (tertiary/aromatic N) is 3. The number of aromatic nitrogens is 1. The van der Waals surface area contributed by atoms with E-state index in [0.717, 1.165) is 71.8 Å². The summed E-state index contributed by atoms with van der Waals surface area (Å²) in [5.74, 6) is 2.23. The van der Waals surface area contributed by atoms with Gasteiger partial charge in [0.2, 0.25) is 6.79 Å². The van der Waals surface area contributed by atoms with Crippen molar-refractivity contribution in [1.82, 2.24) is 20.1 Å². The van der Waals surface area contributed by atoms with E-state index in [2.05, 4.69) is 45.4 Å². The van der Waals surface area contributed by atoms with E-state index in [9.17, 15) is 4.79 Å². The number of benzene rings is 3. The van der Waals surface area contributed by atoms with Crippen molar-refractivity contribution >= 4 is 17.2 Å². The number of carbonyl (C=O) groups excluding carboxylic acids is 1. The molecule has 3 aromatic carbocycles. The fraction of sp³-hybridized carbons (Fsp3) is 0.333. The van der Waals surface area contributed by atoms with Gasteiger partial charge in [-0.2, -0.15) is 0 Å². The predicted octanol–water partition coefficient (Wildman–Crippen LogP) is 4.72. The second-order valence-corrected chi connectivity index (χ2v) is 11.5. The smallest absolute Gasteiger partial charge is 0.270 e. The first-order valence-corrected chi connectivity index (χ1v) is 15.5. The van der Waals surface area contributed by atoms with Crippen LogP contribution in [0.4, 0.5) is 0 Å². The molecule has 2 aliphatic heterocycles. The van der Waals surface area contributed by atoms with Crippen LogP contribution in [0.5, 0.6) is 17.2 Å². The lowest BCUT2D eigenvalue weighted by molar-refractivity contribution is 0.0383. The van der Waals surface area contributed by atoms with Crippen LogP contribution >= 0.6 is 11.3 Å². The highest BCUT2D eigenvalue weighted by Crippen LogP contribution is 2.33. The predicted molar refractivity (Wildman–Crippen MR) is 164 cm³/mol. The van der Waals surface area contributed by atoms with Crippen LogP contribution in [0.15, 0.2) is 78.2 Å². The standard InChI is InChI=1S/C33H36N4O5S/c38-33(34-12-13-36-14-16-39-17-15-36)29-23-43-32(35-29)21-37(20-27-8-11-30-31(18-27)42-24-41-30)19-25-6-9-28(10-7-25)40-22-26-4-2-1-3-5-26/h1-11,18,23H,12-17,19-22,24H2,(H,34,38). The summed E-state index contributed by atoms with van der Waals surface area (Å²) in [4.78, 5) is 22.1. The summed E-state index contributed by atoms with van der Waals surface area (Å²) in [7, 11) is 0. The Bertz CT molecular complexity index is 1470. The van der Waals surface area contributed by atoms with Crippen LogP contribution in [0.3, 0.4) is 0 Å². The maximum absolute atomic E-state index is 12.8. The van der Waals surface area contributed by atoms with Gasteiger partial charge in [0.15, 0.2) is 11.5 Å². The second kappa shape index (κ2) is 14.5. The molecule has 224 valence electrons. The minimum atomic E-state index is -0.135. The number of thiazole rings is 1. The number of rotatable bonds is 13. The SMILES string of the molecule is O=C(NCCN1CCOCC1)c1csc(CN(Cc2ccc(OCc3ccccc3)cc2)Cc2ccc3c(c2)OCO3)n1. The van der Waals surface area contributed by atoms with Crippen molar-refractivity contribution in [2.24, 2.45) is 0 Å². The Labute approximate surface area is 256 Å². The lowest BCUT2D eigenvalue weighted by Crippen LogP contribution is -2.41. The molecule has 0 saturated carbocycles. The molecule has 0 radical (unpaired) electrons. The Morgan fingerprint density at radius 2 is 1.67 bits per heavy atom. The van der Waals surface area contributed by atoms with Gasteiger partial charge in [-0.1, -0.05) is 48.5 Å². The molecule has 0 atom stereocenters. The zero-order valence-corrected chi connectivity index (χ0v) is 24.9. The third-order valence-electron chi connectivity index (χ3n) is 7.38. The summed E-state index contributed by atoms with van der Waals surface area (Å²) in [6.45, 7) is 7.47. The normalized spacial score (nSPS) is 14.6. The molecule has 4 aromatic rings. The summed E-state index contributed by atoms with van der Waals surface area (Å²) in [6, 6.07) is 24.4. The zero-order chi connectivity index (χ0) is 29.3. The average Bonchev–Trinajstić information content (AvgIpc) is 3.71. The highest BCUT2D eigenvalue weighted by Gasteiger charge is 2.18. The van der Waals surface area contributed by atoms with Gasteiger partial charge in [0, 0.05) is 44.6 Å². The van der Waals surface area contributed by atoms with E-state index in [4.69, 9.17) is 23.9 Å². The number of fused-ring (bicyclic) bond motifs is 1. The van der Waals surface area contributed by atoms with E-state index in [-0.39, 0.29) is 12.7 Å². The highest BCUT2D eigenvalue weighted by atomic mass is 32.1. The highest BCUT2D eigenvalue weighted by molar-refractivity contribution is 7.09. The Hall–Kier alpha value is -3.96. The van der Waals surface area contributed by atoms with Gasteiger partial charge in [0.25, 0.3) is 5.91 Å². The molecule has 1 saturated heterocycles. The van der Waals surface area contributed by atoms with Crippen LogP contribution in [-0.4, -0.2) is 66.9 Å². The lowest BCUT2D eigenvalue weighted by Gasteiger charge is -2.26. The Morgan fingerprint density at radius 3 is 2.51 bits per heavy atom. The molecule has 0 bridgehead atoms. The fourth-order valence-corrected chi connectivity index (χ4v) is 5.89. The first-order chi connectivity index (χ1) is 21.2. The molecule has 9 nitrogen and oxygen atoms in total. The van der Waals surface area contributed by atoms with Gasteiger partial charge in [-0.15, -0.1) is 11.3 Å². The summed E-state index contributed by atoms with van der Waals surface area (Å²) in [5.41, 5.74) is 3.87. The minimum absolute atomic E-state index is 0.135. The lowest BCUT2D eigenvalue weighted by atomic mass is 10.1. The molecule has 1 N–H and O–H groups in total. The molecule has 10 heteroatoms. The molecular formula is C33H36N4O5S. The number of nitrogens with one attached hydrogen (secondary N) is 1. The monoisotopic (exact) mass is 600 g/mol.